The zero-order valence-electron chi connectivity index (χ0n) is 17.8. The molecular formula is C23H26N6O2. The number of imidazole rings is 1. The highest BCUT2D eigenvalue weighted by Gasteiger charge is 2.59. The summed E-state index contributed by atoms with van der Waals surface area (Å²) < 4.78 is 3.75. The number of aromatic nitrogens is 4. The molecule has 1 aromatic carbocycles. The average Bonchev–Trinajstić information content (AvgIpc) is 3.53. The van der Waals surface area contributed by atoms with E-state index in [9.17, 15) is 9.59 Å². The minimum absolute atomic E-state index is 0.0404. The van der Waals surface area contributed by atoms with Crippen LogP contribution in [0.25, 0.3) is 0 Å². The molecule has 1 fully saturated rings. The summed E-state index contributed by atoms with van der Waals surface area (Å²) >= 11 is 0. The summed E-state index contributed by atoms with van der Waals surface area (Å²) in [5.74, 6) is 0.970. The van der Waals surface area contributed by atoms with Gasteiger partial charge in [-0.1, -0.05) is 25.1 Å². The zero-order chi connectivity index (χ0) is 21.6. The molecule has 1 spiro atoms. The number of benzene rings is 1. The highest BCUT2D eigenvalue weighted by Crippen LogP contribution is 2.54. The van der Waals surface area contributed by atoms with Crippen LogP contribution in [0.3, 0.4) is 0 Å². The minimum Gasteiger partial charge on any atom is -0.334 e. The highest BCUT2D eigenvalue weighted by atomic mass is 16.2. The molecule has 2 aliphatic heterocycles. The number of nitrogens with zero attached hydrogens (tertiary/aromatic N) is 5. The van der Waals surface area contributed by atoms with Crippen molar-refractivity contribution in [1.29, 1.82) is 0 Å². The number of hydrogen-bond acceptors (Lipinski definition) is 4. The summed E-state index contributed by atoms with van der Waals surface area (Å²) in [5.41, 5.74) is 1.89. The third-order valence-corrected chi connectivity index (χ3v) is 6.63. The first-order chi connectivity index (χ1) is 15.0. The summed E-state index contributed by atoms with van der Waals surface area (Å²) in [6.45, 7) is 3.16. The van der Waals surface area contributed by atoms with Gasteiger partial charge in [0.2, 0.25) is 11.8 Å². The molecule has 1 N–H and O–H groups in total. The molecule has 0 unspecified atom stereocenters. The van der Waals surface area contributed by atoms with E-state index in [2.05, 4.69) is 22.3 Å². The fourth-order valence-electron chi connectivity index (χ4n) is 5.22. The lowest BCUT2D eigenvalue weighted by atomic mass is 9.73. The predicted molar refractivity (Wildman–Crippen MR) is 115 cm³/mol. The molecule has 8 nitrogen and oxygen atoms in total. The van der Waals surface area contributed by atoms with Gasteiger partial charge in [-0.15, -0.1) is 0 Å². The molecule has 2 aromatic heterocycles. The van der Waals surface area contributed by atoms with Crippen molar-refractivity contribution in [2.24, 2.45) is 7.05 Å². The molecule has 0 saturated carbocycles. The standard InChI is InChI=1S/C23H26N6O2/c1-3-19-24-10-13-28(19)11-8-20(30)29-12-9-23(21(29)16-14-25-27(2)15-16)17-6-4-5-7-18(17)26-22(23)31/h4-7,10,13-15,21H,3,8-9,11-12H2,1-2H3,(H,26,31)/t21-,23+/m0/s1. The van der Waals surface area contributed by atoms with E-state index < -0.39 is 5.41 Å². The fourth-order valence-corrected chi connectivity index (χ4v) is 5.22. The first kappa shape index (κ1) is 19.5. The number of carbonyl (C=O) groups is 2. The van der Waals surface area contributed by atoms with Crippen LogP contribution in [0, 0.1) is 0 Å². The van der Waals surface area contributed by atoms with E-state index in [1.807, 2.05) is 53.2 Å². The van der Waals surface area contributed by atoms with Crippen molar-refractivity contribution in [3.05, 3.63) is 66.0 Å². The SMILES string of the molecule is CCc1nccn1CCC(=O)N1CC[C@]2(C(=O)Nc3ccccc32)[C@@H]1c1cnn(C)c1. The van der Waals surface area contributed by atoms with E-state index in [-0.39, 0.29) is 17.9 Å². The molecular weight excluding hydrogens is 392 g/mol. The van der Waals surface area contributed by atoms with Gasteiger partial charge < -0.3 is 14.8 Å². The molecule has 31 heavy (non-hydrogen) atoms. The van der Waals surface area contributed by atoms with Gasteiger partial charge in [0.05, 0.1) is 12.2 Å². The topological polar surface area (TPSA) is 85.1 Å². The van der Waals surface area contributed by atoms with Gasteiger partial charge in [-0.2, -0.15) is 5.10 Å². The molecule has 1 saturated heterocycles. The Labute approximate surface area is 180 Å². The number of nitrogens with one attached hydrogen (secondary N) is 1. The molecule has 3 aromatic rings. The average molecular weight is 419 g/mol. The van der Waals surface area contributed by atoms with Gasteiger partial charge in [0, 0.05) is 62.8 Å². The molecule has 160 valence electrons. The van der Waals surface area contributed by atoms with Gasteiger partial charge in [0.25, 0.3) is 0 Å². The van der Waals surface area contributed by atoms with Crippen molar-refractivity contribution < 1.29 is 9.59 Å². The Morgan fingerprint density at radius 1 is 1.32 bits per heavy atom. The maximum absolute atomic E-state index is 13.4. The van der Waals surface area contributed by atoms with Crippen LogP contribution in [0.15, 0.2) is 49.1 Å². The monoisotopic (exact) mass is 418 g/mol. The Hall–Kier alpha value is -3.42. The van der Waals surface area contributed by atoms with E-state index in [1.165, 1.54) is 0 Å². The number of carbonyl (C=O) groups excluding carboxylic acids is 2. The lowest BCUT2D eigenvalue weighted by molar-refractivity contribution is -0.133. The summed E-state index contributed by atoms with van der Waals surface area (Å²) in [6.07, 6.45) is 9.15. The van der Waals surface area contributed by atoms with Crippen LogP contribution in [0.5, 0.6) is 0 Å². The van der Waals surface area contributed by atoms with Crippen LogP contribution in [0.1, 0.15) is 42.8 Å². The largest absolute Gasteiger partial charge is 0.334 e. The van der Waals surface area contributed by atoms with E-state index in [4.69, 9.17) is 0 Å². The molecule has 2 atom stereocenters. The van der Waals surface area contributed by atoms with Gasteiger partial charge in [-0.05, 0) is 18.1 Å². The summed E-state index contributed by atoms with van der Waals surface area (Å²) in [6, 6.07) is 7.43. The molecule has 4 heterocycles. The first-order valence-electron chi connectivity index (χ1n) is 10.7. The lowest BCUT2D eigenvalue weighted by Crippen LogP contribution is -2.42. The van der Waals surface area contributed by atoms with Crippen LogP contribution in [0.2, 0.25) is 0 Å². The van der Waals surface area contributed by atoms with Gasteiger partial charge in [-0.3, -0.25) is 14.3 Å². The molecule has 0 aliphatic carbocycles. The molecule has 2 aliphatic rings. The van der Waals surface area contributed by atoms with Gasteiger partial charge in [-0.25, -0.2) is 4.98 Å². The third kappa shape index (κ3) is 2.97. The first-order valence-corrected chi connectivity index (χ1v) is 10.7. The maximum Gasteiger partial charge on any atom is 0.237 e. The quantitative estimate of drug-likeness (QED) is 0.690. The van der Waals surface area contributed by atoms with Gasteiger partial charge in [0.1, 0.15) is 11.2 Å². The van der Waals surface area contributed by atoms with Crippen molar-refractivity contribution >= 4 is 17.5 Å². The normalized spacial score (nSPS) is 22.2. The van der Waals surface area contributed by atoms with Gasteiger partial charge >= 0.3 is 0 Å². The number of para-hydroxylation sites is 1. The minimum atomic E-state index is -0.793. The van der Waals surface area contributed by atoms with Crippen LogP contribution in [-0.4, -0.2) is 42.6 Å². The number of rotatable bonds is 5. The van der Waals surface area contributed by atoms with Crippen molar-refractivity contribution in [1.82, 2.24) is 24.2 Å². The maximum atomic E-state index is 13.4. The van der Waals surface area contributed by atoms with Crippen molar-refractivity contribution in [3.8, 4) is 0 Å². The molecule has 5 rings (SSSR count). The van der Waals surface area contributed by atoms with Crippen LogP contribution in [0.4, 0.5) is 5.69 Å². The van der Waals surface area contributed by atoms with E-state index in [0.29, 0.717) is 25.9 Å². The second kappa shape index (κ2) is 7.37. The molecule has 0 bridgehead atoms. The Morgan fingerprint density at radius 2 is 2.16 bits per heavy atom. The second-order valence-corrected chi connectivity index (χ2v) is 8.30. The Bertz CT molecular complexity index is 1150. The van der Waals surface area contributed by atoms with Crippen molar-refractivity contribution in [2.75, 3.05) is 11.9 Å². The highest BCUT2D eigenvalue weighted by molar-refractivity contribution is 6.07. The van der Waals surface area contributed by atoms with Gasteiger partial charge in [0.15, 0.2) is 0 Å². The molecule has 0 radical (unpaired) electrons. The smallest absolute Gasteiger partial charge is 0.237 e. The predicted octanol–water partition coefficient (Wildman–Crippen LogP) is 2.43. The molecule has 8 heteroatoms. The summed E-state index contributed by atoms with van der Waals surface area (Å²) in [7, 11) is 1.85. The fraction of sp³-hybridized carbons (Fsp3) is 0.391. The summed E-state index contributed by atoms with van der Waals surface area (Å²) in [5, 5.41) is 7.38. The Balaban J connectivity index is 1.50. The third-order valence-electron chi connectivity index (χ3n) is 6.63. The van der Waals surface area contributed by atoms with Crippen LogP contribution in [-0.2, 0) is 35.0 Å². The summed E-state index contributed by atoms with van der Waals surface area (Å²) in [4.78, 5) is 33.0. The second-order valence-electron chi connectivity index (χ2n) is 8.30. The van der Waals surface area contributed by atoms with E-state index in [1.54, 1.807) is 17.1 Å². The molecule has 2 amide bonds. The zero-order valence-corrected chi connectivity index (χ0v) is 17.8. The Kier molecular flexibility index (Phi) is 4.64. The van der Waals surface area contributed by atoms with E-state index >= 15 is 0 Å². The number of amides is 2. The van der Waals surface area contributed by atoms with Crippen LogP contribution >= 0.6 is 0 Å². The number of hydrogen-bond donors (Lipinski definition) is 1. The number of anilines is 1. The number of aryl methyl sites for hydroxylation is 3. The number of likely N-dealkylation sites (tertiary alicyclic amines) is 1. The van der Waals surface area contributed by atoms with Crippen LogP contribution < -0.4 is 5.32 Å². The number of fused-ring (bicyclic) bond motifs is 2. The van der Waals surface area contributed by atoms with E-state index in [0.717, 1.165) is 29.1 Å². The Morgan fingerprint density at radius 3 is 2.94 bits per heavy atom. The lowest BCUT2D eigenvalue weighted by Gasteiger charge is -2.33. The van der Waals surface area contributed by atoms with Crippen molar-refractivity contribution in [2.45, 2.75) is 44.2 Å². The van der Waals surface area contributed by atoms with Crippen molar-refractivity contribution in [3.63, 3.8) is 0 Å².